The van der Waals surface area contributed by atoms with Gasteiger partial charge in [0.1, 0.15) is 0 Å². The highest BCUT2D eigenvalue weighted by Crippen LogP contribution is 2.20. The Balaban J connectivity index is 2.04. The minimum Gasteiger partial charge on any atom is -0.383 e. The smallest absolute Gasteiger partial charge is 0.0768 e. The number of hydrogen-bond acceptors (Lipinski definition) is 3. The number of nitrogens with one attached hydrogen (secondary N) is 1. The van der Waals surface area contributed by atoms with Crippen LogP contribution in [0.3, 0.4) is 0 Å². The third-order valence-electron chi connectivity index (χ3n) is 2.98. The second kappa shape index (κ2) is 6.70. The van der Waals surface area contributed by atoms with E-state index in [4.69, 9.17) is 0 Å². The van der Waals surface area contributed by atoms with Crippen LogP contribution in [0, 0.1) is 0 Å². The van der Waals surface area contributed by atoms with Gasteiger partial charge in [0, 0.05) is 23.8 Å². The number of rotatable bonds is 5. The number of likely N-dealkylation sites (N-methyl/N-ethyl adjacent to an activating group) is 1. The molecule has 2 aromatic carbocycles. The highest BCUT2D eigenvalue weighted by Gasteiger charge is 2.14. The number of halogens is 1. The van der Waals surface area contributed by atoms with Crippen molar-refractivity contribution in [2.24, 2.45) is 0 Å². The van der Waals surface area contributed by atoms with Crippen molar-refractivity contribution in [3.63, 3.8) is 0 Å². The first-order chi connectivity index (χ1) is 9.16. The van der Waals surface area contributed by atoms with E-state index in [1.54, 1.807) is 7.05 Å². The summed E-state index contributed by atoms with van der Waals surface area (Å²) in [6, 6.07) is 17.9. The van der Waals surface area contributed by atoms with E-state index in [9.17, 15) is 5.21 Å². The molecular weight excluding hydrogens is 304 g/mol. The van der Waals surface area contributed by atoms with Crippen LogP contribution in [0.1, 0.15) is 11.6 Å². The summed E-state index contributed by atoms with van der Waals surface area (Å²) in [5.41, 5.74) is 2.11. The summed E-state index contributed by atoms with van der Waals surface area (Å²) in [5.74, 6) is 0. The predicted molar refractivity (Wildman–Crippen MR) is 81.4 cm³/mol. The molecule has 1 atom stereocenters. The number of benzene rings is 2. The van der Waals surface area contributed by atoms with E-state index in [1.165, 1.54) is 5.06 Å². The van der Waals surface area contributed by atoms with Crippen LogP contribution in [0.15, 0.2) is 59.1 Å². The van der Waals surface area contributed by atoms with Crippen molar-refractivity contribution in [3.05, 3.63) is 64.6 Å². The molecule has 100 valence electrons. The molecule has 0 aliphatic carbocycles. The Labute approximate surface area is 122 Å². The number of anilines is 1. The Kier molecular flexibility index (Phi) is 4.96. The standard InChI is InChI=1S/C15H17BrN2O/c1-18(19)15(12-5-3-2-4-6-12)11-17-14-9-7-13(16)8-10-14/h2-10,15,17,19H,11H2,1H3. The fourth-order valence-corrected chi connectivity index (χ4v) is 2.19. The molecule has 0 aromatic heterocycles. The van der Waals surface area contributed by atoms with Crippen LogP contribution in [-0.2, 0) is 0 Å². The van der Waals surface area contributed by atoms with E-state index in [0.717, 1.165) is 15.7 Å². The number of hydroxylamine groups is 2. The minimum atomic E-state index is -0.0788. The lowest BCUT2D eigenvalue weighted by Gasteiger charge is -2.23. The SMILES string of the molecule is CN(O)C(CNc1ccc(Br)cc1)c1ccccc1. The zero-order chi connectivity index (χ0) is 13.7. The van der Waals surface area contributed by atoms with Gasteiger partial charge in [0.25, 0.3) is 0 Å². The van der Waals surface area contributed by atoms with Gasteiger partial charge in [-0.1, -0.05) is 46.3 Å². The van der Waals surface area contributed by atoms with Crippen molar-refractivity contribution >= 4 is 21.6 Å². The average Bonchev–Trinajstić information content (AvgIpc) is 2.42. The van der Waals surface area contributed by atoms with Crippen LogP contribution >= 0.6 is 15.9 Å². The molecule has 0 bridgehead atoms. The second-order valence-electron chi connectivity index (χ2n) is 4.39. The lowest BCUT2D eigenvalue weighted by molar-refractivity contribution is -0.0999. The summed E-state index contributed by atoms with van der Waals surface area (Å²) in [4.78, 5) is 0. The fraction of sp³-hybridized carbons (Fsp3) is 0.200. The third-order valence-corrected chi connectivity index (χ3v) is 3.51. The summed E-state index contributed by atoms with van der Waals surface area (Å²) in [6.45, 7) is 0.638. The quantitative estimate of drug-likeness (QED) is 0.819. The molecule has 2 rings (SSSR count). The van der Waals surface area contributed by atoms with E-state index in [-0.39, 0.29) is 6.04 Å². The first kappa shape index (κ1) is 14.1. The van der Waals surface area contributed by atoms with Gasteiger partial charge in [-0.05, 0) is 29.8 Å². The molecule has 0 amide bonds. The van der Waals surface area contributed by atoms with E-state index < -0.39 is 0 Å². The van der Waals surface area contributed by atoms with Crippen molar-refractivity contribution in [3.8, 4) is 0 Å². The molecule has 19 heavy (non-hydrogen) atoms. The number of nitrogens with zero attached hydrogens (tertiary/aromatic N) is 1. The summed E-state index contributed by atoms with van der Waals surface area (Å²) >= 11 is 3.41. The molecule has 1 unspecified atom stereocenters. The fourth-order valence-electron chi connectivity index (χ4n) is 1.92. The zero-order valence-corrected chi connectivity index (χ0v) is 12.3. The second-order valence-corrected chi connectivity index (χ2v) is 5.30. The Bertz CT molecular complexity index is 499. The predicted octanol–water partition coefficient (Wildman–Crippen LogP) is 3.92. The maximum absolute atomic E-state index is 9.77. The minimum absolute atomic E-state index is 0.0788. The van der Waals surface area contributed by atoms with Crippen LogP contribution in [0.2, 0.25) is 0 Å². The molecular formula is C15H17BrN2O. The van der Waals surface area contributed by atoms with Crippen molar-refractivity contribution in [1.82, 2.24) is 5.06 Å². The van der Waals surface area contributed by atoms with Crippen LogP contribution in [-0.4, -0.2) is 23.9 Å². The largest absolute Gasteiger partial charge is 0.383 e. The molecule has 0 aliphatic rings. The highest BCUT2D eigenvalue weighted by atomic mass is 79.9. The first-order valence-electron chi connectivity index (χ1n) is 6.13. The van der Waals surface area contributed by atoms with Gasteiger partial charge >= 0.3 is 0 Å². The van der Waals surface area contributed by atoms with Crippen molar-refractivity contribution in [2.75, 3.05) is 18.9 Å². The number of hydrogen-bond donors (Lipinski definition) is 2. The monoisotopic (exact) mass is 320 g/mol. The van der Waals surface area contributed by atoms with Crippen molar-refractivity contribution in [2.45, 2.75) is 6.04 Å². The molecule has 0 saturated carbocycles. The maximum Gasteiger partial charge on any atom is 0.0768 e. The van der Waals surface area contributed by atoms with E-state index in [0.29, 0.717) is 6.54 Å². The molecule has 3 nitrogen and oxygen atoms in total. The maximum atomic E-state index is 9.77. The molecule has 0 saturated heterocycles. The van der Waals surface area contributed by atoms with E-state index in [1.807, 2.05) is 54.6 Å². The normalized spacial score (nSPS) is 12.4. The summed E-state index contributed by atoms with van der Waals surface area (Å²) < 4.78 is 1.05. The van der Waals surface area contributed by atoms with Crippen molar-refractivity contribution in [1.29, 1.82) is 0 Å². The lowest BCUT2D eigenvalue weighted by Crippen LogP contribution is -2.27. The van der Waals surface area contributed by atoms with Gasteiger partial charge in [0.05, 0.1) is 6.04 Å². The topological polar surface area (TPSA) is 35.5 Å². The molecule has 0 heterocycles. The molecule has 0 aliphatic heterocycles. The van der Waals surface area contributed by atoms with Gasteiger partial charge in [0.2, 0.25) is 0 Å². The molecule has 0 radical (unpaired) electrons. The van der Waals surface area contributed by atoms with Gasteiger partial charge < -0.3 is 10.5 Å². The van der Waals surface area contributed by atoms with Gasteiger partial charge in [-0.15, -0.1) is 0 Å². The van der Waals surface area contributed by atoms with Gasteiger partial charge in [-0.3, -0.25) is 0 Å². The first-order valence-corrected chi connectivity index (χ1v) is 6.92. The van der Waals surface area contributed by atoms with Gasteiger partial charge in [-0.25, -0.2) is 0 Å². The zero-order valence-electron chi connectivity index (χ0n) is 10.8. The van der Waals surface area contributed by atoms with Crippen molar-refractivity contribution < 1.29 is 5.21 Å². The summed E-state index contributed by atoms with van der Waals surface area (Å²) in [7, 11) is 1.67. The highest BCUT2D eigenvalue weighted by molar-refractivity contribution is 9.10. The lowest BCUT2D eigenvalue weighted by atomic mass is 10.1. The molecule has 2 aromatic rings. The molecule has 2 N–H and O–H groups in total. The van der Waals surface area contributed by atoms with Gasteiger partial charge in [-0.2, -0.15) is 5.06 Å². The average molecular weight is 321 g/mol. The molecule has 4 heteroatoms. The Morgan fingerprint density at radius 1 is 1.11 bits per heavy atom. The molecule has 0 fully saturated rings. The van der Waals surface area contributed by atoms with Gasteiger partial charge in [0.15, 0.2) is 0 Å². The van der Waals surface area contributed by atoms with Crippen LogP contribution in [0.4, 0.5) is 5.69 Å². The van der Waals surface area contributed by atoms with Crippen LogP contribution in [0.5, 0.6) is 0 Å². The Morgan fingerprint density at radius 2 is 1.74 bits per heavy atom. The van der Waals surface area contributed by atoms with Crippen LogP contribution < -0.4 is 5.32 Å². The molecule has 0 spiro atoms. The Hall–Kier alpha value is -1.36. The van der Waals surface area contributed by atoms with Crippen LogP contribution in [0.25, 0.3) is 0 Å². The summed E-state index contributed by atoms with van der Waals surface area (Å²) in [5, 5.41) is 14.3. The Morgan fingerprint density at radius 3 is 2.32 bits per heavy atom. The van der Waals surface area contributed by atoms with E-state index >= 15 is 0 Å². The summed E-state index contributed by atoms with van der Waals surface area (Å²) in [6.07, 6.45) is 0. The third kappa shape index (κ3) is 4.06. The van der Waals surface area contributed by atoms with E-state index in [2.05, 4.69) is 21.2 Å².